The molecule has 37 heavy (non-hydrogen) atoms. The van der Waals surface area contributed by atoms with Gasteiger partial charge in [0, 0.05) is 17.5 Å². The first-order valence-corrected chi connectivity index (χ1v) is 11.2. The standard InChI is InChI=1S/C25H25F6N3O3/c1-13-8-18(9-14(2)16(13)4)23(25(29,30)31)10-20(34-37-23)17-5-6-19(15(3)7-17)22(36)32-11-21(35)33-12-24(26,27)28/h5-9H,10-12H2,1-4H3,(H,32,36)(H,33,35). The van der Waals surface area contributed by atoms with Crippen molar-refractivity contribution in [2.75, 3.05) is 13.1 Å². The number of amides is 2. The van der Waals surface area contributed by atoms with E-state index in [2.05, 4.69) is 10.5 Å². The number of rotatable bonds is 6. The maximum Gasteiger partial charge on any atom is 0.435 e. The van der Waals surface area contributed by atoms with Gasteiger partial charge in [0.2, 0.25) is 5.91 Å². The molecule has 0 saturated heterocycles. The quantitative estimate of drug-likeness (QED) is 0.522. The Morgan fingerprint density at radius 2 is 1.57 bits per heavy atom. The van der Waals surface area contributed by atoms with Crippen molar-refractivity contribution in [3.05, 3.63) is 69.3 Å². The van der Waals surface area contributed by atoms with Gasteiger partial charge in [0.15, 0.2) is 0 Å². The lowest BCUT2D eigenvalue weighted by Crippen LogP contribution is -2.42. The molecule has 0 radical (unpaired) electrons. The van der Waals surface area contributed by atoms with Gasteiger partial charge in [-0.3, -0.25) is 9.59 Å². The molecule has 0 fully saturated rings. The molecule has 200 valence electrons. The predicted octanol–water partition coefficient (Wildman–Crippen LogP) is 4.91. The van der Waals surface area contributed by atoms with Crippen LogP contribution in [0.25, 0.3) is 0 Å². The summed E-state index contributed by atoms with van der Waals surface area (Å²) in [6.07, 6.45) is -9.93. The molecule has 1 aliphatic heterocycles. The Bertz CT molecular complexity index is 1230. The maximum atomic E-state index is 14.3. The fourth-order valence-corrected chi connectivity index (χ4v) is 3.94. The van der Waals surface area contributed by atoms with Crippen molar-refractivity contribution < 1.29 is 40.8 Å². The molecule has 1 unspecified atom stereocenters. The second-order valence-corrected chi connectivity index (χ2v) is 8.97. The summed E-state index contributed by atoms with van der Waals surface area (Å²) >= 11 is 0. The maximum absolute atomic E-state index is 14.3. The minimum absolute atomic E-state index is 0.0368. The lowest BCUT2D eigenvalue weighted by molar-refractivity contribution is -0.275. The molecule has 2 aromatic carbocycles. The van der Waals surface area contributed by atoms with E-state index in [1.165, 1.54) is 37.3 Å². The zero-order valence-corrected chi connectivity index (χ0v) is 20.4. The van der Waals surface area contributed by atoms with Gasteiger partial charge in [-0.15, -0.1) is 0 Å². The Balaban J connectivity index is 1.77. The van der Waals surface area contributed by atoms with E-state index < -0.39 is 49.3 Å². The number of alkyl halides is 6. The lowest BCUT2D eigenvalue weighted by Gasteiger charge is -2.30. The van der Waals surface area contributed by atoms with E-state index in [-0.39, 0.29) is 16.8 Å². The molecule has 1 atom stereocenters. The zero-order valence-electron chi connectivity index (χ0n) is 20.4. The van der Waals surface area contributed by atoms with Crippen molar-refractivity contribution in [1.29, 1.82) is 0 Å². The molecule has 6 nitrogen and oxygen atoms in total. The van der Waals surface area contributed by atoms with Crippen LogP contribution >= 0.6 is 0 Å². The molecule has 2 amide bonds. The van der Waals surface area contributed by atoms with Crippen molar-refractivity contribution >= 4 is 17.5 Å². The molecular weight excluding hydrogens is 504 g/mol. The van der Waals surface area contributed by atoms with Gasteiger partial charge in [0.1, 0.15) is 6.54 Å². The number of nitrogens with one attached hydrogen (secondary N) is 2. The minimum atomic E-state index is -4.77. The van der Waals surface area contributed by atoms with Crippen LogP contribution < -0.4 is 10.6 Å². The number of benzene rings is 2. The average Bonchev–Trinajstić information content (AvgIpc) is 3.26. The first-order chi connectivity index (χ1) is 17.0. The topological polar surface area (TPSA) is 79.8 Å². The van der Waals surface area contributed by atoms with Crippen LogP contribution in [-0.4, -0.2) is 43.0 Å². The second kappa shape index (κ2) is 10.1. The zero-order chi connectivity index (χ0) is 27.8. The van der Waals surface area contributed by atoms with Gasteiger partial charge in [-0.1, -0.05) is 23.4 Å². The van der Waals surface area contributed by atoms with Gasteiger partial charge >= 0.3 is 12.4 Å². The fraction of sp³-hybridized carbons (Fsp3) is 0.400. The molecule has 1 aliphatic rings. The van der Waals surface area contributed by atoms with Gasteiger partial charge in [-0.2, -0.15) is 26.3 Å². The summed E-state index contributed by atoms with van der Waals surface area (Å²) in [6, 6.07) is 7.07. The van der Waals surface area contributed by atoms with Crippen LogP contribution in [0.3, 0.4) is 0 Å². The first-order valence-electron chi connectivity index (χ1n) is 11.2. The van der Waals surface area contributed by atoms with E-state index in [4.69, 9.17) is 4.84 Å². The van der Waals surface area contributed by atoms with E-state index in [1.807, 2.05) is 6.92 Å². The van der Waals surface area contributed by atoms with Crippen LogP contribution in [0.5, 0.6) is 0 Å². The normalized spacial score (nSPS) is 17.7. The Morgan fingerprint density at radius 1 is 0.946 bits per heavy atom. The van der Waals surface area contributed by atoms with Crippen LogP contribution in [0.1, 0.15) is 50.2 Å². The second-order valence-electron chi connectivity index (χ2n) is 8.97. The summed E-state index contributed by atoms with van der Waals surface area (Å²) in [4.78, 5) is 29.0. The number of nitrogens with zero attached hydrogens (tertiary/aromatic N) is 1. The van der Waals surface area contributed by atoms with Crippen LogP contribution in [0.15, 0.2) is 35.5 Å². The highest BCUT2D eigenvalue weighted by Gasteiger charge is 2.62. The number of halogens is 6. The number of hydrogen-bond acceptors (Lipinski definition) is 4. The molecule has 2 N–H and O–H groups in total. The van der Waals surface area contributed by atoms with Crippen LogP contribution in [0.2, 0.25) is 0 Å². The lowest BCUT2D eigenvalue weighted by atomic mass is 9.84. The van der Waals surface area contributed by atoms with Gasteiger partial charge in [0.05, 0.1) is 12.3 Å². The van der Waals surface area contributed by atoms with Crippen molar-refractivity contribution in [2.24, 2.45) is 5.16 Å². The molecule has 3 rings (SSSR count). The van der Waals surface area contributed by atoms with Crippen LogP contribution in [0.4, 0.5) is 26.3 Å². The number of hydrogen-bond donors (Lipinski definition) is 2. The van der Waals surface area contributed by atoms with E-state index >= 15 is 0 Å². The Labute approximate surface area is 209 Å². The number of oxime groups is 1. The molecule has 0 spiro atoms. The van der Waals surface area contributed by atoms with E-state index in [9.17, 15) is 35.9 Å². The smallest absolute Gasteiger partial charge is 0.374 e. The van der Waals surface area contributed by atoms with Crippen molar-refractivity contribution in [1.82, 2.24) is 10.6 Å². The average molecular weight is 529 g/mol. The van der Waals surface area contributed by atoms with Gasteiger partial charge in [-0.25, -0.2) is 0 Å². The summed E-state index contributed by atoms with van der Waals surface area (Å²) in [5, 5.41) is 7.60. The fourth-order valence-electron chi connectivity index (χ4n) is 3.94. The van der Waals surface area contributed by atoms with E-state index in [0.29, 0.717) is 22.3 Å². The largest absolute Gasteiger partial charge is 0.435 e. The Morgan fingerprint density at radius 3 is 2.11 bits per heavy atom. The highest BCUT2D eigenvalue weighted by Crippen LogP contribution is 2.49. The Kier molecular flexibility index (Phi) is 7.62. The molecule has 2 aromatic rings. The number of aryl methyl sites for hydroxylation is 3. The highest BCUT2D eigenvalue weighted by molar-refractivity contribution is 6.04. The van der Waals surface area contributed by atoms with Crippen LogP contribution in [0, 0.1) is 27.7 Å². The molecular formula is C25H25F6N3O3. The summed E-state index contributed by atoms with van der Waals surface area (Å²) in [7, 11) is 0. The number of carbonyl (C=O) groups excluding carboxylic acids is 2. The Hall–Kier alpha value is -3.57. The third-order valence-electron chi connectivity index (χ3n) is 6.28. The molecule has 0 aliphatic carbocycles. The summed E-state index contributed by atoms with van der Waals surface area (Å²) in [5.41, 5.74) is 0.331. The highest BCUT2D eigenvalue weighted by atomic mass is 19.4. The van der Waals surface area contributed by atoms with Crippen molar-refractivity contribution in [3.63, 3.8) is 0 Å². The predicted molar refractivity (Wildman–Crippen MR) is 123 cm³/mol. The molecule has 0 aromatic heterocycles. The minimum Gasteiger partial charge on any atom is -0.374 e. The molecule has 12 heteroatoms. The third kappa shape index (κ3) is 6.05. The summed E-state index contributed by atoms with van der Waals surface area (Å²) in [5.74, 6) is -1.76. The van der Waals surface area contributed by atoms with Gasteiger partial charge < -0.3 is 15.5 Å². The molecule has 0 bridgehead atoms. The first kappa shape index (κ1) is 28.0. The van der Waals surface area contributed by atoms with Crippen molar-refractivity contribution in [3.8, 4) is 0 Å². The SMILES string of the molecule is Cc1cc(C2=NOC(c3cc(C)c(C)c(C)c3)(C(F)(F)F)C2)ccc1C(=O)NCC(=O)NCC(F)(F)F. The summed E-state index contributed by atoms with van der Waals surface area (Å²) < 4.78 is 79.5. The van der Waals surface area contributed by atoms with E-state index in [0.717, 1.165) is 5.56 Å². The monoisotopic (exact) mass is 529 g/mol. The molecule has 0 saturated carbocycles. The van der Waals surface area contributed by atoms with Crippen LogP contribution in [-0.2, 0) is 15.2 Å². The summed E-state index contributed by atoms with van der Waals surface area (Å²) in [6.45, 7) is 4.59. The third-order valence-corrected chi connectivity index (χ3v) is 6.28. The van der Waals surface area contributed by atoms with Crippen molar-refractivity contribution in [2.45, 2.75) is 52.1 Å². The van der Waals surface area contributed by atoms with Gasteiger partial charge in [0.25, 0.3) is 11.5 Å². The molecule has 1 heterocycles. The van der Waals surface area contributed by atoms with E-state index in [1.54, 1.807) is 19.2 Å². The van der Waals surface area contributed by atoms with Gasteiger partial charge in [-0.05, 0) is 67.6 Å². The number of carbonyl (C=O) groups is 2.